The van der Waals surface area contributed by atoms with Gasteiger partial charge in [-0.25, -0.2) is 34.0 Å². The first-order chi connectivity index (χ1) is 22.3. The minimum absolute atomic E-state index is 0.0520. The fraction of sp³-hybridized carbons (Fsp3) is 0.583. The lowest BCUT2D eigenvalue weighted by Gasteiger charge is -2.31. The molecule has 23 heteroatoms. The molecule has 11 atom stereocenters. The molecule has 21 nitrogen and oxygen atoms in total. The second-order valence-electron chi connectivity index (χ2n) is 12.1. The second-order valence-corrected chi connectivity index (χ2v) is 14.9. The molecule has 2 saturated carbocycles. The molecule has 0 amide bonds. The van der Waals surface area contributed by atoms with Crippen LogP contribution in [0.2, 0.25) is 0 Å². The summed E-state index contributed by atoms with van der Waals surface area (Å²) in [7, 11) is -9.94. The molecule has 2 unspecified atom stereocenters. The number of rotatable bonds is 3. The van der Waals surface area contributed by atoms with Gasteiger partial charge in [0.15, 0.2) is 28.9 Å². The van der Waals surface area contributed by atoms with Crippen LogP contribution in [0.4, 0.5) is 5.82 Å². The van der Waals surface area contributed by atoms with Crippen molar-refractivity contribution in [2.24, 2.45) is 17.3 Å². The molecule has 8 rings (SSSR count). The first kappa shape index (κ1) is 31.1. The van der Waals surface area contributed by atoms with Gasteiger partial charge in [0, 0.05) is 11.3 Å². The molecule has 4 fully saturated rings. The number of imidazole rings is 2. The number of aliphatic hydroxyl groups excluding tert-OH is 2. The molecule has 7 N–H and O–H groups in total. The Labute approximate surface area is 262 Å². The Morgan fingerprint density at radius 3 is 2.55 bits per heavy atom. The van der Waals surface area contributed by atoms with E-state index in [9.17, 15) is 33.9 Å². The number of aromatic amines is 1. The molecule has 4 aliphatic rings. The van der Waals surface area contributed by atoms with Crippen LogP contribution in [-0.4, -0.2) is 103 Å². The molecule has 1 spiro atoms. The molecule has 4 bridgehead atoms. The number of aryl methyl sites for hydroxylation is 1. The molecule has 47 heavy (non-hydrogen) atoms. The minimum Gasteiger partial charge on any atom is -0.396 e. The van der Waals surface area contributed by atoms with Crippen molar-refractivity contribution in [2.45, 2.75) is 50.0 Å². The minimum atomic E-state index is -4.97. The first-order valence-electron chi connectivity index (χ1n) is 14.4. The average Bonchev–Trinajstić information content (AvgIpc) is 3.29. The lowest BCUT2D eigenvalue weighted by atomic mass is 9.99. The number of hydrogen-bond donors (Lipinski definition) is 6. The first-order valence-corrected chi connectivity index (χ1v) is 17.4. The van der Waals surface area contributed by atoms with Gasteiger partial charge in [-0.2, -0.15) is 0 Å². The molecule has 2 aliphatic heterocycles. The molecule has 4 aromatic rings. The van der Waals surface area contributed by atoms with E-state index < -0.39 is 95.0 Å². The van der Waals surface area contributed by atoms with Gasteiger partial charge in [0.1, 0.15) is 29.9 Å². The van der Waals surface area contributed by atoms with Crippen molar-refractivity contribution in [1.82, 2.24) is 39.0 Å². The number of H-pyrrole nitrogens is 1. The maximum atomic E-state index is 13.5. The summed E-state index contributed by atoms with van der Waals surface area (Å²) in [5.41, 5.74) is 4.73. The van der Waals surface area contributed by atoms with Crippen LogP contribution in [-0.2, 0) is 32.0 Å². The number of nitrogens with zero attached hydrogens (tertiary/aromatic N) is 7. The summed E-state index contributed by atoms with van der Waals surface area (Å²) in [6.45, 7) is -0.315. The van der Waals surface area contributed by atoms with Crippen LogP contribution in [0, 0.1) is 24.2 Å². The van der Waals surface area contributed by atoms with Crippen molar-refractivity contribution in [1.29, 1.82) is 0 Å². The number of anilines is 1. The van der Waals surface area contributed by atoms with Crippen LogP contribution in [0.15, 0.2) is 23.8 Å². The zero-order chi connectivity index (χ0) is 33.0. The van der Waals surface area contributed by atoms with E-state index in [2.05, 4.69) is 29.9 Å². The molecule has 252 valence electrons. The van der Waals surface area contributed by atoms with Gasteiger partial charge in [0.05, 0.1) is 50.7 Å². The zero-order valence-corrected chi connectivity index (χ0v) is 26.1. The van der Waals surface area contributed by atoms with Gasteiger partial charge < -0.3 is 40.0 Å². The monoisotopic (exact) mass is 697 g/mol. The van der Waals surface area contributed by atoms with Gasteiger partial charge in [-0.3, -0.25) is 27.5 Å². The van der Waals surface area contributed by atoms with Crippen molar-refractivity contribution >= 4 is 43.8 Å². The molecule has 2 saturated heterocycles. The summed E-state index contributed by atoms with van der Waals surface area (Å²) in [4.78, 5) is 57.7. The normalized spacial score (nSPS) is 40.4. The maximum Gasteiger partial charge on any atom is 0.472 e. The number of nitrogens with one attached hydrogen (secondary N) is 1. The van der Waals surface area contributed by atoms with E-state index in [-0.39, 0.29) is 40.4 Å². The Bertz CT molecular complexity index is 2060. The Kier molecular flexibility index (Phi) is 7.04. The summed E-state index contributed by atoms with van der Waals surface area (Å²) in [5, 5.41) is 21.9. The highest BCUT2D eigenvalue weighted by Gasteiger charge is 2.73. The van der Waals surface area contributed by atoms with Gasteiger partial charge in [0.2, 0.25) is 0 Å². The third-order valence-corrected chi connectivity index (χ3v) is 11.4. The number of fused-ring (bicyclic) bond motifs is 5. The predicted molar refractivity (Wildman–Crippen MR) is 154 cm³/mol. The third kappa shape index (κ3) is 4.88. The van der Waals surface area contributed by atoms with E-state index in [1.807, 2.05) is 0 Å². The van der Waals surface area contributed by atoms with Crippen LogP contribution in [0.5, 0.6) is 0 Å². The topological polar surface area (TPSA) is 294 Å². The summed E-state index contributed by atoms with van der Waals surface area (Å²) >= 11 is 0. The Morgan fingerprint density at radius 1 is 1.04 bits per heavy atom. The summed E-state index contributed by atoms with van der Waals surface area (Å²) in [6.07, 6.45) is -2.76. The van der Waals surface area contributed by atoms with E-state index in [0.717, 1.165) is 0 Å². The van der Waals surface area contributed by atoms with Crippen molar-refractivity contribution in [3.63, 3.8) is 0 Å². The number of phosphoric acid groups is 2. The van der Waals surface area contributed by atoms with E-state index in [4.69, 9.17) is 28.6 Å². The zero-order valence-electron chi connectivity index (χ0n) is 24.3. The Balaban J connectivity index is 1.17. The fourth-order valence-electron chi connectivity index (χ4n) is 7.18. The van der Waals surface area contributed by atoms with Crippen LogP contribution in [0.1, 0.15) is 24.5 Å². The van der Waals surface area contributed by atoms with Crippen molar-refractivity contribution < 1.29 is 52.0 Å². The maximum absolute atomic E-state index is 13.5. The highest BCUT2D eigenvalue weighted by atomic mass is 31.2. The van der Waals surface area contributed by atoms with Gasteiger partial charge in [0.25, 0.3) is 5.56 Å². The standard InChI is InChI=1S/C24H29N9O12P2/c1-9-30-21-14(22(36)31-9)29-8-33(21)23-16-10(3-34)12(43-23)4-41-46(37,38)45-17-15(32-7-28-13-19(25)26-6-27-20(13)32)11-2-24(11,18(17)35)5-42-47(39,40)44-16/h6-8,10-12,15-18,23,34-35H,2-5H2,1H3,(H,37,38)(H,39,40)(H2,25,26,27)(H,30,31,36)/t10-,11-,12-,15-,16-,17+,18+,23-,24+/m1/s1. The molecule has 6 heterocycles. The van der Waals surface area contributed by atoms with Crippen molar-refractivity contribution in [3.8, 4) is 0 Å². The highest BCUT2D eigenvalue weighted by molar-refractivity contribution is 7.47. The number of ether oxygens (including phenoxy) is 1. The molecular weight excluding hydrogens is 668 g/mol. The van der Waals surface area contributed by atoms with Crippen LogP contribution >= 0.6 is 15.6 Å². The summed E-state index contributed by atoms with van der Waals surface area (Å²) < 4.78 is 58.0. The summed E-state index contributed by atoms with van der Waals surface area (Å²) in [5.74, 6) is -1.27. The Morgan fingerprint density at radius 2 is 1.77 bits per heavy atom. The van der Waals surface area contributed by atoms with E-state index in [1.54, 1.807) is 11.5 Å². The predicted octanol–water partition coefficient (Wildman–Crippen LogP) is -0.704. The number of nitrogen functional groups attached to an aromatic ring is 1. The third-order valence-electron chi connectivity index (χ3n) is 9.47. The van der Waals surface area contributed by atoms with E-state index in [1.165, 1.54) is 23.5 Å². The number of phosphoric ester groups is 2. The number of nitrogens with two attached hydrogens (primary N) is 1. The largest absolute Gasteiger partial charge is 0.472 e. The number of hydrogen-bond acceptors (Lipinski definition) is 16. The fourth-order valence-corrected chi connectivity index (χ4v) is 9.16. The molecule has 2 aliphatic carbocycles. The quantitative estimate of drug-likeness (QED) is 0.144. The van der Waals surface area contributed by atoms with Crippen molar-refractivity contribution in [3.05, 3.63) is 35.2 Å². The number of aliphatic hydroxyl groups is 2. The van der Waals surface area contributed by atoms with Gasteiger partial charge >= 0.3 is 15.6 Å². The summed E-state index contributed by atoms with van der Waals surface area (Å²) in [6, 6.07) is -0.850. The van der Waals surface area contributed by atoms with Crippen LogP contribution in [0.3, 0.4) is 0 Å². The lowest BCUT2D eigenvalue weighted by Crippen LogP contribution is -2.38. The lowest BCUT2D eigenvalue weighted by molar-refractivity contribution is -0.0541. The second kappa shape index (κ2) is 10.6. The average molecular weight is 697 g/mol. The molecule has 0 aromatic carbocycles. The highest BCUT2D eigenvalue weighted by Crippen LogP contribution is 2.71. The molecule has 4 aromatic heterocycles. The Hall–Kier alpha value is -3.20. The van der Waals surface area contributed by atoms with E-state index >= 15 is 0 Å². The molecule has 0 radical (unpaired) electrons. The smallest absolute Gasteiger partial charge is 0.396 e. The number of aromatic nitrogens is 8. The SMILES string of the molecule is Cc1nc2c(ncn2[C@@H]2O[C@@H]3COP(=O)(O)O[C@H]4[C@H](n5cnc6c(N)ncnc65)[C@H]5C[C@@]5(COP(=O)(O)O[C@@H]2[C@@H]3CO)[C@H]4O)c(=O)[nH]1. The van der Waals surface area contributed by atoms with Crippen LogP contribution < -0.4 is 11.3 Å². The van der Waals surface area contributed by atoms with E-state index in [0.29, 0.717) is 0 Å². The van der Waals surface area contributed by atoms with Gasteiger partial charge in [-0.15, -0.1) is 0 Å². The van der Waals surface area contributed by atoms with Crippen molar-refractivity contribution in [2.75, 3.05) is 25.6 Å². The molecular formula is C24H29N9O12P2. The van der Waals surface area contributed by atoms with Gasteiger partial charge in [-0.1, -0.05) is 0 Å². The van der Waals surface area contributed by atoms with Gasteiger partial charge in [-0.05, 0) is 19.3 Å². The van der Waals surface area contributed by atoms with Crippen LogP contribution in [0.25, 0.3) is 22.3 Å².